The minimum atomic E-state index is -0.839. The fourth-order valence-corrected chi connectivity index (χ4v) is 2.16. The first-order chi connectivity index (χ1) is 8.16. The largest absolute Gasteiger partial charge is 0.480 e. The predicted octanol–water partition coefficient (Wildman–Crippen LogP) is 1.73. The standard InChI is InChI=1S/C13H15NO3.ClH/c15-11-6-7-12(13(16)17)14(9-11)8-10-4-2-1-3-5-10;/h1-5,12H,6-9H2,(H,16,17);1H. The van der Waals surface area contributed by atoms with Gasteiger partial charge in [0, 0.05) is 13.0 Å². The molecule has 5 heteroatoms. The third-order valence-corrected chi connectivity index (χ3v) is 3.03. The number of carboxylic acid groups (broad SMARTS) is 1. The molecule has 1 heterocycles. The fraction of sp³-hybridized carbons (Fsp3) is 0.385. The molecule has 4 nitrogen and oxygen atoms in total. The van der Waals surface area contributed by atoms with Crippen molar-refractivity contribution < 1.29 is 14.7 Å². The lowest BCUT2D eigenvalue weighted by atomic mass is 10.0. The van der Waals surface area contributed by atoms with Crippen LogP contribution in [-0.2, 0) is 16.1 Å². The molecule has 0 radical (unpaired) electrons. The molecule has 0 bridgehead atoms. The third-order valence-electron chi connectivity index (χ3n) is 3.03. The number of hydrogen-bond donors (Lipinski definition) is 1. The van der Waals surface area contributed by atoms with Gasteiger partial charge in [-0.1, -0.05) is 30.3 Å². The van der Waals surface area contributed by atoms with E-state index in [0.29, 0.717) is 19.4 Å². The van der Waals surface area contributed by atoms with Crippen LogP contribution in [0.3, 0.4) is 0 Å². The molecule has 1 aromatic carbocycles. The lowest BCUT2D eigenvalue weighted by Crippen LogP contribution is -2.47. The van der Waals surface area contributed by atoms with E-state index in [0.717, 1.165) is 5.56 Å². The van der Waals surface area contributed by atoms with Crippen LogP contribution in [0.1, 0.15) is 18.4 Å². The number of nitrogens with zero attached hydrogens (tertiary/aromatic N) is 1. The summed E-state index contributed by atoms with van der Waals surface area (Å²) < 4.78 is 0. The lowest BCUT2D eigenvalue weighted by molar-refractivity contribution is -0.146. The summed E-state index contributed by atoms with van der Waals surface area (Å²) in [6, 6.07) is 9.09. The maximum Gasteiger partial charge on any atom is 0.320 e. The summed E-state index contributed by atoms with van der Waals surface area (Å²) in [7, 11) is 0. The summed E-state index contributed by atoms with van der Waals surface area (Å²) in [4.78, 5) is 24.2. The topological polar surface area (TPSA) is 57.6 Å². The van der Waals surface area contributed by atoms with Gasteiger partial charge in [-0.05, 0) is 12.0 Å². The van der Waals surface area contributed by atoms with E-state index in [4.69, 9.17) is 5.11 Å². The van der Waals surface area contributed by atoms with Crippen molar-refractivity contribution in [1.82, 2.24) is 4.90 Å². The molecule has 18 heavy (non-hydrogen) atoms. The van der Waals surface area contributed by atoms with Crippen LogP contribution in [0, 0.1) is 0 Å². The SMILES string of the molecule is Cl.O=C1CCC(C(=O)O)N(Cc2ccccc2)C1. The second-order valence-corrected chi connectivity index (χ2v) is 4.32. The van der Waals surface area contributed by atoms with Gasteiger partial charge >= 0.3 is 5.97 Å². The molecule has 1 aliphatic heterocycles. The highest BCUT2D eigenvalue weighted by molar-refractivity contribution is 5.85. The van der Waals surface area contributed by atoms with E-state index in [1.54, 1.807) is 4.90 Å². The van der Waals surface area contributed by atoms with Crippen molar-refractivity contribution in [2.45, 2.75) is 25.4 Å². The van der Waals surface area contributed by atoms with Crippen LogP contribution < -0.4 is 0 Å². The number of piperidine rings is 1. The first-order valence-corrected chi connectivity index (χ1v) is 5.69. The van der Waals surface area contributed by atoms with Crippen molar-refractivity contribution in [3.63, 3.8) is 0 Å². The van der Waals surface area contributed by atoms with Gasteiger partial charge in [-0.25, -0.2) is 0 Å². The van der Waals surface area contributed by atoms with Crippen LogP contribution in [0.25, 0.3) is 0 Å². The quantitative estimate of drug-likeness (QED) is 0.908. The molecular formula is C13H16ClNO3. The molecule has 2 rings (SSSR count). The molecule has 1 atom stereocenters. The molecule has 1 fully saturated rings. The van der Waals surface area contributed by atoms with Crippen LogP contribution >= 0.6 is 12.4 Å². The van der Waals surface area contributed by atoms with Crippen LogP contribution in [-0.4, -0.2) is 34.3 Å². The Hall–Kier alpha value is -1.39. The number of benzene rings is 1. The first-order valence-electron chi connectivity index (χ1n) is 5.69. The van der Waals surface area contributed by atoms with Gasteiger partial charge in [0.1, 0.15) is 11.8 Å². The summed E-state index contributed by atoms with van der Waals surface area (Å²) in [6.07, 6.45) is 0.795. The third kappa shape index (κ3) is 3.55. The minimum Gasteiger partial charge on any atom is -0.480 e. The maximum atomic E-state index is 11.4. The summed E-state index contributed by atoms with van der Waals surface area (Å²) >= 11 is 0. The molecule has 1 saturated heterocycles. The maximum absolute atomic E-state index is 11.4. The minimum absolute atomic E-state index is 0. The van der Waals surface area contributed by atoms with E-state index in [2.05, 4.69) is 0 Å². The summed E-state index contributed by atoms with van der Waals surface area (Å²) in [6.45, 7) is 0.759. The zero-order valence-electron chi connectivity index (χ0n) is 9.91. The Morgan fingerprint density at radius 1 is 1.33 bits per heavy atom. The summed E-state index contributed by atoms with van der Waals surface area (Å²) in [5, 5.41) is 9.12. The fourth-order valence-electron chi connectivity index (χ4n) is 2.16. The van der Waals surface area contributed by atoms with Crippen molar-refractivity contribution in [3.05, 3.63) is 35.9 Å². The Morgan fingerprint density at radius 3 is 2.61 bits per heavy atom. The predicted molar refractivity (Wildman–Crippen MR) is 69.8 cm³/mol. The molecule has 0 saturated carbocycles. The van der Waals surface area contributed by atoms with Gasteiger partial charge in [-0.2, -0.15) is 0 Å². The first kappa shape index (κ1) is 14.7. The smallest absolute Gasteiger partial charge is 0.320 e. The van der Waals surface area contributed by atoms with Crippen LogP contribution in [0.2, 0.25) is 0 Å². The van der Waals surface area contributed by atoms with Gasteiger partial charge in [0.05, 0.1) is 6.54 Å². The van der Waals surface area contributed by atoms with E-state index in [9.17, 15) is 9.59 Å². The van der Waals surface area contributed by atoms with E-state index in [1.807, 2.05) is 30.3 Å². The second-order valence-electron chi connectivity index (χ2n) is 4.32. The van der Waals surface area contributed by atoms with Crippen LogP contribution in [0.5, 0.6) is 0 Å². The van der Waals surface area contributed by atoms with Crippen molar-refractivity contribution in [2.24, 2.45) is 0 Å². The summed E-state index contributed by atoms with van der Waals surface area (Å²) in [5.74, 6) is -0.716. The molecule has 0 aliphatic carbocycles. The number of carboxylic acids is 1. The van der Waals surface area contributed by atoms with Gasteiger partial charge in [0.2, 0.25) is 0 Å². The van der Waals surface area contributed by atoms with E-state index >= 15 is 0 Å². The van der Waals surface area contributed by atoms with Gasteiger partial charge in [0.25, 0.3) is 0 Å². The van der Waals surface area contributed by atoms with Crippen molar-refractivity contribution in [3.8, 4) is 0 Å². The van der Waals surface area contributed by atoms with Crippen molar-refractivity contribution in [2.75, 3.05) is 6.54 Å². The summed E-state index contributed by atoms with van der Waals surface area (Å²) in [5.41, 5.74) is 1.04. The van der Waals surface area contributed by atoms with E-state index < -0.39 is 12.0 Å². The highest BCUT2D eigenvalue weighted by Crippen LogP contribution is 2.18. The van der Waals surface area contributed by atoms with Crippen molar-refractivity contribution >= 4 is 24.2 Å². The number of rotatable bonds is 3. The normalized spacial score (nSPS) is 20.2. The molecule has 1 N–H and O–H groups in total. The zero-order chi connectivity index (χ0) is 12.3. The van der Waals surface area contributed by atoms with Crippen LogP contribution in [0.4, 0.5) is 0 Å². The van der Waals surface area contributed by atoms with Crippen molar-refractivity contribution in [1.29, 1.82) is 0 Å². The van der Waals surface area contributed by atoms with Gasteiger partial charge < -0.3 is 5.11 Å². The number of Topliss-reactive ketones (excluding diaryl/α,β-unsaturated/α-hetero) is 1. The Labute approximate surface area is 112 Å². The van der Waals surface area contributed by atoms with Gasteiger partial charge in [-0.3, -0.25) is 14.5 Å². The Kier molecular flexibility index (Phi) is 5.31. The highest BCUT2D eigenvalue weighted by atomic mass is 35.5. The molecule has 0 amide bonds. The lowest BCUT2D eigenvalue weighted by Gasteiger charge is -2.31. The zero-order valence-corrected chi connectivity index (χ0v) is 10.7. The average Bonchev–Trinajstić information content (AvgIpc) is 2.30. The monoisotopic (exact) mass is 269 g/mol. The molecule has 1 aliphatic rings. The number of carbonyl (C=O) groups excluding carboxylic acids is 1. The molecule has 0 spiro atoms. The van der Waals surface area contributed by atoms with E-state index in [1.165, 1.54) is 0 Å². The Morgan fingerprint density at radius 2 is 2.00 bits per heavy atom. The molecule has 1 aromatic rings. The van der Waals surface area contributed by atoms with E-state index in [-0.39, 0.29) is 24.7 Å². The molecule has 98 valence electrons. The number of hydrogen-bond acceptors (Lipinski definition) is 3. The number of halogens is 1. The van der Waals surface area contributed by atoms with Gasteiger partial charge in [0.15, 0.2) is 0 Å². The van der Waals surface area contributed by atoms with Gasteiger partial charge in [-0.15, -0.1) is 12.4 Å². The molecule has 0 aromatic heterocycles. The number of ketones is 1. The number of carbonyl (C=O) groups is 2. The highest BCUT2D eigenvalue weighted by Gasteiger charge is 2.31. The average molecular weight is 270 g/mol. The second kappa shape index (κ2) is 6.52. The Bertz CT molecular complexity index is 422. The molecule has 1 unspecified atom stereocenters. The van der Waals surface area contributed by atoms with Crippen LogP contribution in [0.15, 0.2) is 30.3 Å². The molecular weight excluding hydrogens is 254 g/mol. The number of likely N-dealkylation sites (tertiary alicyclic amines) is 1. The number of aliphatic carboxylic acids is 1. The Balaban J connectivity index is 0.00000162.